The van der Waals surface area contributed by atoms with Crippen LogP contribution in [0.2, 0.25) is 0 Å². The zero-order valence-electron chi connectivity index (χ0n) is 31.3. The van der Waals surface area contributed by atoms with E-state index < -0.39 is 17.7 Å². The van der Waals surface area contributed by atoms with Gasteiger partial charge in [0.2, 0.25) is 0 Å². The summed E-state index contributed by atoms with van der Waals surface area (Å²) in [5, 5.41) is 30.6. The van der Waals surface area contributed by atoms with Crippen LogP contribution in [0.15, 0.2) is 78.9 Å². The van der Waals surface area contributed by atoms with Crippen LogP contribution in [0.5, 0.6) is 0 Å². The summed E-state index contributed by atoms with van der Waals surface area (Å²) in [4.78, 5) is 62.0. The second-order valence-electron chi connectivity index (χ2n) is 14.4. The quantitative estimate of drug-likeness (QED) is 0.133. The van der Waals surface area contributed by atoms with Crippen molar-refractivity contribution in [1.82, 2.24) is 31.2 Å². The normalized spacial score (nSPS) is 20.4. The standard InChI is InChI=1S/C43H44N8O4/c1-24-18-33(24)50-40(52)29-20-34(48-36(22-29)42(54)46-3)31(14-9-16-44)27-12-8-13-28(19-27)38-25(2)39(38)51-41(53)30-21-35(49-37(23-30)43(55)47-4)32(15-17-45)26-10-6-5-7-11-26/h5-8,10-13,19-25,31-33,38-39H,9,14-15,18H2,1-4H3,(H,46,54)(H,47,55)(H,50,52)(H,51,53)/t24-,25-,31+,32-,33-,38?,39+/m0/s1. The lowest BCUT2D eigenvalue weighted by Gasteiger charge is -2.19. The Kier molecular flexibility index (Phi) is 11.7. The van der Waals surface area contributed by atoms with Crippen molar-refractivity contribution < 1.29 is 19.2 Å². The number of hydrogen-bond donors (Lipinski definition) is 4. The van der Waals surface area contributed by atoms with E-state index in [9.17, 15) is 29.7 Å². The topological polar surface area (TPSA) is 190 Å². The zero-order chi connectivity index (χ0) is 39.2. The van der Waals surface area contributed by atoms with Gasteiger partial charge in [-0.1, -0.05) is 68.4 Å². The first-order valence-corrected chi connectivity index (χ1v) is 18.5. The predicted molar refractivity (Wildman–Crippen MR) is 205 cm³/mol. The molecule has 0 aliphatic heterocycles. The van der Waals surface area contributed by atoms with Gasteiger partial charge < -0.3 is 21.3 Å². The number of pyridine rings is 2. The van der Waals surface area contributed by atoms with Crippen LogP contribution in [-0.4, -0.2) is 59.8 Å². The van der Waals surface area contributed by atoms with Crippen molar-refractivity contribution >= 4 is 23.6 Å². The fourth-order valence-electron chi connectivity index (χ4n) is 7.26. The number of benzene rings is 2. The van der Waals surface area contributed by atoms with Crippen molar-refractivity contribution in [1.29, 1.82) is 10.5 Å². The number of nitrogens with zero attached hydrogens (tertiary/aromatic N) is 4. The molecule has 12 heteroatoms. The van der Waals surface area contributed by atoms with E-state index in [1.807, 2.05) is 48.5 Å². The molecule has 2 saturated carbocycles. The highest BCUT2D eigenvalue weighted by Crippen LogP contribution is 2.48. The Labute approximate surface area is 320 Å². The predicted octanol–water partition coefficient (Wildman–Crippen LogP) is 5.35. The molecule has 2 heterocycles. The van der Waals surface area contributed by atoms with Crippen LogP contribution in [0.1, 0.15) is 127 Å². The van der Waals surface area contributed by atoms with Crippen molar-refractivity contribution in [3.63, 3.8) is 0 Å². The highest BCUT2D eigenvalue weighted by atomic mass is 16.2. The summed E-state index contributed by atoms with van der Waals surface area (Å²) >= 11 is 0. The van der Waals surface area contributed by atoms with Crippen LogP contribution in [0.4, 0.5) is 0 Å². The highest BCUT2D eigenvalue weighted by Gasteiger charge is 2.49. The molecule has 0 saturated heterocycles. The summed E-state index contributed by atoms with van der Waals surface area (Å²) < 4.78 is 0. The van der Waals surface area contributed by atoms with Gasteiger partial charge in [-0.2, -0.15) is 10.5 Å². The van der Waals surface area contributed by atoms with Gasteiger partial charge in [0.1, 0.15) is 11.4 Å². The van der Waals surface area contributed by atoms with E-state index in [0.717, 1.165) is 23.1 Å². The van der Waals surface area contributed by atoms with Gasteiger partial charge in [-0.15, -0.1) is 0 Å². The lowest BCUT2D eigenvalue weighted by atomic mass is 9.88. The minimum absolute atomic E-state index is 0.0251. The van der Waals surface area contributed by atoms with Gasteiger partial charge in [0.25, 0.3) is 23.6 Å². The highest BCUT2D eigenvalue weighted by molar-refractivity contribution is 6.00. The Morgan fingerprint density at radius 3 is 1.87 bits per heavy atom. The molecule has 1 unspecified atom stereocenters. The molecule has 0 radical (unpaired) electrons. The molecule has 0 spiro atoms. The molecule has 2 aliphatic rings. The molecule has 55 heavy (non-hydrogen) atoms. The van der Waals surface area contributed by atoms with Gasteiger partial charge in [0, 0.05) is 73.6 Å². The van der Waals surface area contributed by atoms with E-state index >= 15 is 0 Å². The molecule has 2 aromatic carbocycles. The smallest absolute Gasteiger partial charge is 0.269 e. The van der Waals surface area contributed by atoms with Gasteiger partial charge in [-0.3, -0.25) is 19.2 Å². The third-order valence-electron chi connectivity index (χ3n) is 10.7. The van der Waals surface area contributed by atoms with Crippen molar-refractivity contribution in [2.45, 2.75) is 69.4 Å². The minimum Gasteiger partial charge on any atom is -0.354 e. The molecule has 2 aliphatic carbocycles. The number of nitriles is 2. The Morgan fingerprint density at radius 2 is 1.31 bits per heavy atom. The molecule has 12 nitrogen and oxygen atoms in total. The molecule has 4 aromatic rings. The Morgan fingerprint density at radius 1 is 0.727 bits per heavy atom. The van der Waals surface area contributed by atoms with Crippen molar-refractivity contribution in [3.8, 4) is 12.1 Å². The molecule has 7 atom stereocenters. The van der Waals surface area contributed by atoms with E-state index in [2.05, 4.69) is 63.3 Å². The van der Waals surface area contributed by atoms with Crippen LogP contribution in [0.3, 0.4) is 0 Å². The molecule has 6 rings (SSSR count). The summed E-state index contributed by atoms with van der Waals surface area (Å²) in [6.45, 7) is 4.13. The number of rotatable bonds is 14. The molecule has 4 amide bonds. The maximum absolute atomic E-state index is 13.9. The largest absolute Gasteiger partial charge is 0.354 e. The number of amides is 4. The van der Waals surface area contributed by atoms with Gasteiger partial charge in [-0.25, -0.2) is 9.97 Å². The maximum Gasteiger partial charge on any atom is 0.269 e. The maximum atomic E-state index is 13.9. The van der Waals surface area contributed by atoms with E-state index in [0.29, 0.717) is 29.3 Å². The van der Waals surface area contributed by atoms with Gasteiger partial charge >= 0.3 is 0 Å². The minimum atomic E-state index is -0.444. The van der Waals surface area contributed by atoms with E-state index in [4.69, 9.17) is 0 Å². The second-order valence-corrected chi connectivity index (χ2v) is 14.4. The Bertz CT molecular complexity index is 2190. The number of nitrogens with one attached hydrogen (secondary N) is 4. The zero-order valence-corrected chi connectivity index (χ0v) is 31.3. The van der Waals surface area contributed by atoms with Gasteiger partial charge in [0.15, 0.2) is 0 Å². The lowest BCUT2D eigenvalue weighted by Crippen LogP contribution is -2.29. The molecular formula is C43H44N8O4. The first-order valence-electron chi connectivity index (χ1n) is 18.5. The second kappa shape index (κ2) is 16.7. The summed E-state index contributed by atoms with van der Waals surface area (Å²) in [6.07, 6.45) is 1.66. The van der Waals surface area contributed by atoms with Crippen molar-refractivity contribution in [3.05, 3.63) is 129 Å². The van der Waals surface area contributed by atoms with E-state index in [-0.39, 0.29) is 71.4 Å². The number of carbonyl (C=O) groups excluding carboxylic acids is 4. The van der Waals surface area contributed by atoms with Crippen molar-refractivity contribution in [2.75, 3.05) is 14.1 Å². The third kappa shape index (κ3) is 8.71. The average Bonchev–Trinajstić information content (AvgIpc) is 4.10. The molecule has 2 aromatic heterocycles. The summed E-state index contributed by atoms with van der Waals surface area (Å²) in [5.74, 6) is -1.86. The van der Waals surface area contributed by atoms with E-state index in [1.165, 1.54) is 26.2 Å². The fraction of sp³-hybridized carbons (Fsp3) is 0.349. The molecule has 280 valence electrons. The summed E-state index contributed by atoms with van der Waals surface area (Å²) in [5.41, 5.74) is 4.48. The first kappa shape index (κ1) is 38.3. The SMILES string of the molecule is CNC(=O)c1cc(C(=O)N[C@H]2C[C@@H]2C)cc([C@H](CCC#N)c2cccc(C3[C@H](C)[C@H]3NC(=O)c3cc(C(=O)NC)nc([C@@H](CC#N)c4ccccc4)c3)c2)n1. The lowest BCUT2D eigenvalue weighted by molar-refractivity contribution is 0.0935. The van der Waals surface area contributed by atoms with Gasteiger partial charge in [-0.05, 0) is 65.6 Å². The van der Waals surface area contributed by atoms with Gasteiger partial charge in [0.05, 0.1) is 17.8 Å². The molecule has 4 N–H and O–H groups in total. The first-order chi connectivity index (χ1) is 26.6. The van der Waals surface area contributed by atoms with Crippen molar-refractivity contribution in [2.24, 2.45) is 11.8 Å². The van der Waals surface area contributed by atoms with Crippen LogP contribution in [-0.2, 0) is 0 Å². The fourth-order valence-corrected chi connectivity index (χ4v) is 7.26. The summed E-state index contributed by atoms with van der Waals surface area (Å²) in [7, 11) is 3.01. The number of hydrogen-bond acceptors (Lipinski definition) is 8. The monoisotopic (exact) mass is 736 g/mol. The number of aromatic nitrogens is 2. The molecule has 0 bridgehead atoms. The van der Waals surface area contributed by atoms with E-state index in [1.54, 1.807) is 12.1 Å². The third-order valence-corrected chi connectivity index (χ3v) is 10.7. The Hall–Kier alpha value is -6.40. The average molecular weight is 737 g/mol. The number of carbonyl (C=O) groups is 4. The summed E-state index contributed by atoms with van der Waals surface area (Å²) in [6, 6.07) is 28.0. The van der Waals surface area contributed by atoms with Crippen LogP contribution >= 0.6 is 0 Å². The molecular weight excluding hydrogens is 693 g/mol. The molecule has 2 fully saturated rings. The Balaban J connectivity index is 1.27. The van der Waals surface area contributed by atoms with Crippen LogP contribution < -0.4 is 21.3 Å². The van der Waals surface area contributed by atoms with Crippen LogP contribution in [0, 0.1) is 34.5 Å². The van der Waals surface area contributed by atoms with Crippen LogP contribution in [0.25, 0.3) is 0 Å².